The second-order valence-corrected chi connectivity index (χ2v) is 6.59. The van der Waals surface area contributed by atoms with Gasteiger partial charge in [0, 0.05) is 41.2 Å². The summed E-state index contributed by atoms with van der Waals surface area (Å²) < 4.78 is 14.6. The van der Waals surface area contributed by atoms with Crippen molar-refractivity contribution in [2.45, 2.75) is 16.7 Å². The predicted molar refractivity (Wildman–Crippen MR) is 85.4 cm³/mol. The third-order valence-corrected chi connectivity index (χ3v) is 5.01. The van der Waals surface area contributed by atoms with E-state index in [0.29, 0.717) is 15.2 Å². The minimum atomic E-state index is -1.37. The van der Waals surface area contributed by atoms with E-state index < -0.39 is 15.7 Å². The van der Waals surface area contributed by atoms with Crippen molar-refractivity contribution in [2.75, 3.05) is 0 Å². The van der Waals surface area contributed by atoms with Crippen LogP contribution in [0.15, 0.2) is 58.5 Å². The van der Waals surface area contributed by atoms with Crippen LogP contribution in [0, 0.1) is 17.0 Å². The normalized spacial score (nSPS) is 12.5. The molecule has 3 aromatic rings. The maximum absolute atomic E-state index is 12.8. The molecule has 6 heteroatoms. The lowest BCUT2D eigenvalue weighted by Gasteiger charge is -2.01. The fourth-order valence-electron chi connectivity index (χ4n) is 2.39. The summed E-state index contributed by atoms with van der Waals surface area (Å²) in [6, 6.07) is 12.1. The van der Waals surface area contributed by atoms with Gasteiger partial charge in [0.1, 0.15) is 0 Å². The maximum Gasteiger partial charge on any atom is 0.270 e. The summed E-state index contributed by atoms with van der Waals surface area (Å²) in [6.07, 6.45) is 1.77. The number of nitro benzene ring substituents is 1. The van der Waals surface area contributed by atoms with Crippen LogP contribution in [-0.2, 0) is 17.8 Å². The topological polar surface area (TPSA) is 65.1 Å². The van der Waals surface area contributed by atoms with Crippen LogP contribution in [0.3, 0.4) is 0 Å². The molecule has 0 N–H and O–H groups in total. The van der Waals surface area contributed by atoms with Crippen molar-refractivity contribution in [3.05, 3.63) is 64.3 Å². The van der Waals surface area contributed by atoms with E-state index in [1.807, 2.05) is 42.8 Å². The highest BCUT2D eigenvalue weighted by molar-refractivity contribution is 7.85. The summed E-state index contributed by atoms with van der Waals surface area (Å²) in [5.74, 6) is 0. The van der Waals surface area contributed by atoms with Crippen LogP contribution in [0.4, 0.5) is 5.69 Å². The SMILES string of the molecule is Cc1ccc(S(=O)c2cn(C)c3ccc([N+](=O)[O-])cc23)cc1. The molecular formula is C16H14N2O3S. The Morgan fingerprint density at radius 2 is 1.82 bits per heavy atom. The fraction of sp³-hybridized carbons (Fsp3) is 0.125. The summed E-state index contributed by atoms with van der Waals surface area (Å²) in [7, 11) is 0.464. The smallest absolute Gasteiger partial charge is 0.270 e. The number of aromatic nitrogens is 1. The molecule has 5 nitrogen and oxygen atoms in total. The molecular weight excluding hydrogens is 300 g/mol. The lowest BCUT2D eigenvalue weighted by molar-refractivity contribution is -0.384. The van der Waals surface area contributed by atoms with Crippen LogP contribution >= 0.6 is 0 Å². The fourth-order valence-corrected chi connectivity index (χ4v) is 3.65. The van der Waals surface area contributed by atoms with Gasteiger partial charge < -0.3 is 4.57 Å². The van der Waals surface area contributed by atoms with E-state index >= 15 is 0 Å². The summed E-state index contributed by atoms with van der Waals surface area (Å²) in [5, 5.41) is 11.6. The Balaban J connectivity index is 2.17. The Morgan fingerprint density at radius 1 is 1.14 bits per heavy atom. The number of aryl methyl sites for hydroxylation is 2. The van der Waals surface area contributed by atoms with Gasteiger partial charge >= 0.3 is 0 Å². The van der Waals surface area contributed by atoms with Gasteiger partial charge in [0.25, 0.3) is 5.69 Å². The molecule has 1 aromatic heterocycles. The van der Waals surface area contributed by atoms with Crippen molar-refractivity contribution in [1.29, 1.82) is 0 Å². The van der Waals surface area contributed by atoms with Gasteiger partial charge in [-0.2, -0.15) is 0 Å². The van der Waals surface area contributed by atoms with Gasteiger partial charge in [0.15, 0.2) is 0 Å². The van der Waals surface area contributed by atoms with Crippen LogP contribution in [-0.4, -0.2) is 13.7 Å². The van der Waals surface area contributed by atoms with Gasteiger partial charge in [-0.05, 0) is 25.1 Å². The highest BCUT2D eigenvalue weighted by Crippen LogP contribution is 2.30. The second kappa shape index (κ2) is 5.38. The summed E-state index contributed by atoms with van der Waals surface area (Å²) >= 11 is 0. The molecule has 0 spiro atoms. The van der Waals surface area contributed by atoms with E-state index in [1.54, 1.807) is 12.3 Å². The van der Waals surface area contributed by atoms with Gasteiger partial charge in [0.05, 0.1) is 20.6 Å². The lowest BCUT2D eigenvalue weighted by Crippen LogP contribution is -1.92. The zero-order chi connectivity index (χ0) is 15.9. The molecule has 1 atom stereocenters. The van der Waals surface area contributed by atoms with Crippen LogP contribution in [0.5, 0.6) is 0 Å². The van der Waals surface area contributed by atoms with E-state index in [2.05, 4.69) is 0 Å². The second-order valence-electron chi connectivity index (χ2n) is 5.14. The first-order chi connectivity index (χ1) is 10.5. The summed E-state index contributed by atoms with van der Waals surface area (Å²) in [6.45, 7) is 1.97. The lowest BCUT2D eigenvalue weighted by atomic mass is 10.2. The molecule has 0 aliphatic carbocycles. The minimum Gasteiger partial charge on any atom is -0.349 e. The number of non-ortho nitro benzene ring substituents is 1. The number of fused-ring (bicyclic) bond motifs is 1. The first-order valence-corrected chi connectivity index (χ1v) is 7.84. The van der Waals surface area contributed by atoms with E-state index in [4.69, 9.17) is 0 Å². The molecule has 0 saturated carbocycles. The molecule has 1 heterocycles. The average Bonchev–Trinajstić information content (AvgIpc) is 2.84. The molecule has 0 saturated heterocycles. The van der Waals surface area contributed by atoms with E-state index in [9.17, 15) is 14.3 Å². The Hall–Kier alpha value is -2.47. The van der Waals surface area contributed by atoms with Crippen molar-refractivity contribution < 1.29 is 9.13 Å². The molecule has 22 heavy (non-hydrogen) atoms. The molecule has 0 fully saturated rings. The highest BCUT2D eigenvalue weighted by Gasteiger charge is 2.17. The summed E-state index contributed by atoms with van der Waals surface area (Å²) in [4.78, 5) is 11.8. The van der Waals surface area contributed by atoms with E-state index in [0.717, 1.165) is 11.1 Å². The molecule has 0 aliphatic heterocycles. The van der Waals surface area contributed by atoms with Gasteiger partial charge in [0.2, 0.25) is 0 Å². The highest BCUT2D eigenvalue weighted by atomic mass is 32.2. The first kappa shape index (κ1) is 14.5. The number of hydrogen-bond donors (Lipinski definition) is 0. The molecule has 112 valence electrons. The molecule has 1 unspecified atom stereocenters. The van der Waals surface area contributed by atoms with Crippen LogP contribution in [0.1, 0.15) is 5.56 Å². The van der Waals surface area contributed by atoms with Crippen LogP contribution in [0.25, 0.3) is 10.9 Å². The zero-order valence-electron chi connectivity index (χ0n) is 12.1. The van der Waals surface area contributed by atoms with Crippen molar-refractivity contribution >= 4 is 27.4 Å². The van der Waals surface area contributed by atoms with E-state index in [1.165, 1.54) is 12.1 Å². The number of benzene rings is 2. The Bertz CT molecular complexity index is 898. The molecule has 0 aliphatic rings. The average molecular weight is 314 g/mol. The number of rotatable bonds is 3. The third kappa shape index (κ3) is 2.42. The number of nitro groups is 1. The van der Waals surface area contributed by atoms with Crippen molar-refractivity contribution in [1.82, 2.24) is 4.57 Å². The Labute approximate surface area is 129 Å². The number of hydrogen-bond acceptors (Lipinski definition) is 3. The van der Waals surface area contributed by atoms with Gasteiger partial charge in [-0.1, -0.05) is 17.7 Å². The van der Waals surface area contributed by atoms with Gasteiger partial charge in [-0.3, -0.25) is 10.1 Å². The molecule has 3 rings (SSSR count). The standard InChI is InChI=1S/C16H14N2O3S/c1-11-3-6-13(7-4-11)22(21)16-10-17(2)15-8-5-12(18(19)20)9-14(15)16/h3-10H,1-2H3. The van der Waals surface area contributed by atoms with Crippen molar-refractivity contribution in [3.63, 3.8) is 0 Å². The summed E-state index contributed by atoms with van der Waals surface area (Å²) in [5.41, 5.74) is 1.91. The Kier molecular flexibility index (Phi) is 3.54. The minimum absolute atomic E-state index is 0.000793. The number of nitrogens with zero attached hydrogens (tertiary/aromatic N) is 2. The first-order valence-electron chi connectivity index (χ1n) is 6.69. The van der Waals surface area contributed by atoms with Crippen LogP contribution in [0.2, 0.25) is 0 Å². The van der Waals surface area contributed by atoms with Crippen molar-refractivity contribution in [3.8, 4) is 0 Å². The Morgan fingerprint density at radius 3 is 2.45 bits per heavy atom. The maximum atomic E-state index is 12.8. The largest absolute Gasteiger partial charge is 0.349 e. The molecule has 0 bridgehead atoms. The predicted octanol–water partition coefficient (Wildman–Crippen LogP) is 3.56. The van der Waals surface area contributed by atoms with Gasteiger partial charge in [-0.25, -0.2) is 4.21 Å². The van der Waals surface area contributed by atoms with Gasteiger partial charge in [-0.15, -0.1) is 0 Å². The quantitative estimate of drug-likeness (QED) is 0.548. The molecule has 0 radical (unpaired) electrons. The van der Waals surface area contributed by atoms with Crippen LogP contribution < -0.4 is 0 Å². The zero-order valence-corrected chi connectivity index (χ0v) is 13.0. The molecule has 0 amide bonds. The molecule has 2 aromatic carbocycles. The third-order valence-electron chi connectivity index (χ3n) is 3.58. The monoisotopic (exact) mass is 314 g/mol. The van der Waals surface area contributed by atoms with E-state index in [-0.39, 0.29) is 5.69 Å². The van der Waals surface area contributed by atoms with Crippen molar-refractivity contribution in [2.24, 2.45) is 7.05 Å².